The highest BCUT2D eigenvalue weighted by atomic mass is 35.5. The van der Waals surface area contributed by atoms with Crippen LogP contribution in [0.4, 0.5) is 18.9 Å². The van der Waals surface area contributed by atoms with Gasteiger partial charge < -0.3 is 5.73 Å². The Bertz CT molecular complexity index is 1360. The van der Waals surface area contributed by atoms with Gasteiger partial charge in [0.2, 0.25) is 19.9 Å². The molecule has 3 aromatic carbocycles. The molecule has 154 valence electrons. The van der Waals surface area contributed by atoms with E-state index in [4.69, 9.17) is 22.5 Å². The summed E-state index contributed by atoms with van der Waals surface area (Å²) in [6.07, 6.45) is -4.96. The van der Waals surface area contributed by atoms with Crippen LogP contribution >= 0.6 is 11.6 Å². The van der Waals surface area contributed by atoms with Gasteiger partial charge in [0.25, 0.3) is 0 Å². The Labute approximate surface area is 168 Å². The van der Waals surface area contributed by atoms with Crippen molar-refractivity contribution < 1.29 is 30.0 Å². The van der Waals surface area contributed by atoms with Gasteiger partial charge in [-0.25, -0.2) is 22.0 Å². The summed E-state index contributed by atoms with van der Waals surface area (Å²) < 4.78 is 90.4. The van der Waals surface area contributed by atoms with E-state index in [2.05, 4.69) is 0 Å². The highest BCUT2D eigenvalue weighted by Crippen LogP contribution is 2.41. The second-order valence-electron chi connectivity index (χ2n) is 6.03. The molecular weight excluding hydrogens is 453 g/mol. The second kappa shape index (κ2) is 6.87. The van der Waals surface area contributed by atoms with Crippen LogP contribution in [0.25, 0.3) is 10.8 Å². The molecule has 0 fully saturated rings. The summed E-state index contributed by atoms with van der Waals surface area (Å²) in [5.74, 6) is 0. The standard InChI is InChI=1S/C17H12ClF3N2O4S2/c18-12-8-13(22)11(17(19,20)21)7-15(12)28(24,25)16-10-4-2-1-3-9(10)5-6-14(16)29(23,26)27/h1-8H,22H2,(H2,23,26,27). The summed E-state index contributed by atoms with van der Waals surface area (Å²) >= 11 is 5.90. The van der Waals surface area contributed by atoms with Gasteiger partial charge in [-0.2, -0.15) is 13.2 Å². The Hall–Kier alpha value is -2.34. The summed E-state index contributed by atoms with van der Waals surface area (Å²) in [7, 11) is -9.40. The molecule has 4 N–H and O–H groups in total. The number of fused-ring (bicyclic) bond motifs is 1. The lowest BCUT2D eigenvalue weighted by atomic mass is 10.1. The van der Waals surface area contributed by atoms with Crippen LogP contribution in [0, 0.1) is 0 Å². The van der Waals surface area contributed by atoms with Crippen LogP contribution in [0.1, 0.15) is 5.56 Å². The normalized spacial score (nSPS) is 13.0. The van der Waals surface area contributed by atoms with Crippen molar-refractivity contribution in [2.24, 2.45) is 5.14 Å². The van der Waals surface area contributed by atoms with Crippen molar-refractivity contribution >= 4 is 47.9 Å². The van der Waals surface area contributed by atoms with Crippen LogP contribution in [0.3, 0.4) is 0 Å². The molecule has 0 aromatic heterocycles. The van der Waals surface area contributed by atoms with Crippen molar-refractivity contribution in [3.8, 4) is 0 Å². The molecule has 0 heterocycles. The average Bonchev–Trinajstić information content (AvgIpc) is 2.58. The maximum absolute atomic E-state index is 13.3. The Kier molecular flexibility index (Phi) is 5.06. The maximum Gasteiger partial charge on any atom is 0.418 e. The van der Waals surface area contributed by atoms with Gasteiger partial charge in [0.15, 0.2) is 0 Å². The highest BCUT2D eigenvalue weighted by Gasteiger charge is 2.37. The molecule has 3 rings (SSSR count). The molecule has 29 heavy (non-hydrogen) atoms. The third kappa shape index (κ3) is 3.78. The highest BCUT2D eigenvalue weighted by molar-refractivity contribution is 7.94. The van der Waals surface area contributed by atoms with Crippen molar-refractivity contribution in [1.29, 1.82) is 0 Å². The lowest BCUT2D eigenvalue weighted by Gasteiger charge is -2.16. The molecule has 0 bridgehead atoms. The van der Waals surface area contributed by atoms with E-state index in [0.717, 1.165) is 6.07 Å². The van der Waals surface area contributed by atoms with Gasteiger partial charge in [-0.1, -0.05) is 41.9 Å². The number of anilines is 1. The van der Waals surface area contributed by atoms with E-state index in [1.807, 2.05) is 0 Å². The monoisotopic (exact) mass is 464 g/mol. The van der Waals surface area contributed by atoms with Crippen LogP contribution in [-0.4, -0.2) is 16.8 Å². The number of nitrogen functional groups attached to an aromatic ring is 1. The van der Waals surface area contributed by atoms with E-state index in [-0.39, 0.29) is 11.5 Å². The second-order valence-corrected chi connectivity index (χ2v) is 9.82. The molecule has 0 saturated heterocycles. The summed E-state index contributed by atoms with van der Waals surface area (Å²) in [5.41, 5.74) is 3.14. The summed E-state index contributed by atoms with van der Waals surface area (Å²) in [6, 6.07) is 9.08. The molecule has 0 atom stereocenters. The molecule has 3 aromatic rings. The van der Waals surface area contributed by atoms with E-state index >= 15 is 0 Å². The number of rotatable bonds is 3. The fraction of sp³-hybridized carbons (Fsp3) is 0.0588. The zero-order valence-corrected chi connectivity index (χ0v) is 16.6. The summed E-state index contributed by atoms with van der Waals surface area (Å²) in [4.78, 5) is -2.47. The van der Waals surface area contributed by atoms with Crippen LogP contribution in [-0.2, 0) is 26.0 Å². The van der Waals surface area contributed by atoms with Gasteiger partial charge in [0.1, 0.15) is 4.90 Å². The fourth-order valence-corrected chi connectivity index (χ4v) is 6.25. The fourth-order valence-electron chi connectivity index (χ4n) is 2.85. The van der Waals surface area contributed by atoms with Crippen LogP contribution in [0.2, 0.25) is 5.02 Å². The first-order chi connectivity index (χ1) is 13.2. The molecular formula is C17H12ClF3N2O4S2. The minimum absolute atomic E-state index is 0.0412. The SMILES string of the molecule is Nc1cc(Cl)c(S(=O)(=O)c2c(S(N)(=O)=O)ccc3ccccc23)cc1C(F)(F)F. The first-order valence-electron chi connectivity index (χ1n) is 7.70. The van der Waals surface area contributed by atoms with Gasteiger partial charge in [0.05, 0.1) is 20.4 Å². The number of sulfone groups is 1. The molecule has 6 nitrogen and oxygen atoms in total. The minimum atomic E-state index is -4.96. The molecule has 0 amide bonds. The topological polar surface area (TPSA) is 120 Å². The predicted octanol–water partition coefficient (Wildman–Crippen LogP) is 3.57. The van der Waals surface area contributed by atoms with E-state index in [1.165, 1.54) is 24.3 Å². The number of hydrogen-bond donors (Lipinski definition) is 2. The number of alkyl halides is 3. The molecule has 0 saturated carbocycles. The third-order valence-corrected chi connectivity index (χ3v) is 7.52. The number of nitrogens with two attached hydrogens (primary N) is 2. The first-order valence-corrected chi connectivity index (χ1v) is 11.1. The van der Waals surface area contributed by atoms with Crippen molar-refractivity contribution in [2.75, 3.05) is 5.73 Å². The lowest BCUT2D eigenvalue weighted by Crippen LogP contribution is -2.18. The number of halogens is 4. The first kappa shape index (κ1) is 21.4. The zero-order chi connectivity index (χ0) is 21.8. The number of primary sulfonamides is 1. The zero-order valence-electron chi connectivity index (χ0n) is 14.2. The molecule has 0 aliphatic carbocycles. The van der Waals surface area contributed by atoms with Crippen LogP contribution in [0.5, 0.6) is 0 Å². The van der Waals surface area contributed by atoms with Gasteiger partial charge in [-0.15, -0.1) is 0 Å². The predicted molar refractivity (Wildman–Crippen MR) is 102 cm³/mol. The number of hydrogen-bond acceptors (Lipinski definition) is 5. The Balaban J connectivity index is 2.48. The van der Waals surface area contributed by atoms with E-state index in [9.17, 15) is 30.0 Å². The molecule has 0 aliphatic rings. The Morgan fingerprint density at radius 2 is 1.52 bits per heavy atom. The molecule has 0 aliphatic heterocycles. The van der Waals surface area contributed by atoms with Gasteiger partial charge >= 0.3 is 6.18 Å². The van der Waals surface area contributed by atoms with E-state index in [0.29, 0.717) is 11.5 Å². The summed E-state index contributed by atoms with van der Waals surface area (Å²) in [5, 5.41) is 4.86. The molecule has 0 unspecified atom stereocenters. The van der Waals surface area contributed by atoms with Crippen molar-refractivity contribution in [2.45, 2.75) is 20.9 Å². The lowest BCUT2D eigenvalue weighted by molar-refractivity contribution is -0.137. The molecule has 0 spiro atoms. The molecule has 0 radical (unpaired) electrons. The van der Waals surface area contributed by atoms with Crippen molar-refractivity contribution in [3.05, 3.63) is 59.1 Å². The third-order valence-electron chi connectivity index (χ3n) is 4.12. The van der Waals surface area contributed by atoms with Gasteiger partial charge in [-0.3, -0.25) is 0 Å². The minimum Gasteiger partial charge on any atom is -0.398 e. The number of benzene rings is 3. The molecule has 12 heteroatoms. The van der Waals surface area contributed by atoms with Crippen molar-refractivity contribution in [3.63, 3.8) is 0 Å². The van der Waals surface area contributed by atoms with E-state index < -0.39 is 57.0 Å². The van der Waals surface area contributed by atoms with Crippen molar-refractivity contribution in [1.82, 2.24) is 0 Å². The van der Waals surface area contributed by atoms with Gasteiger partial charge in [0, 0.05) is 11.1 Å². The number of sulfonamides is 1. The van der Waals surface area contributed by atoms with Crippen LogP contribution < -0.4 is 10.9 Å². The largest absolute Gasteiger partial charge is 0.418 e. The quantitative estimate of drug-likeness (QED) is 0.574. The average molecular weight is 465 g/mol. The maximum atomic E-state index is 13.3. The Morgan fingerprint density at radius 3 is 2.10 bits per heavy atom. The smallest absolute Gasteiger partial charge is 0.398 e. The van der Waals surface area contributed by atoms with E-state index in [1.54, 1.807) is 6.07 Å². The van der Waals surface area contributed by atoms with Crippen LogP contribution in [0.15, 0.2) is 63.2 Å². The Morgan fingerprint density at radius 1 is 0.897 bits per heavy atom. The summed E-state index contributed by atoms with van der Waals surface area (Å²) in [6.45, 7) is 0. The van der Waals surface area contributed by atoms with Gasteiger partial charge in [-0.05, 0) is 23.6 Å².